The first-order valence-corrected chi connectivity index (χ1v) is 7.10. The molecule has 0 bridgehead atoms. The fraction of sp³-hybridized carbons (Fsp3) is 0.562. The van der Waals surface area contributed by atoms with Gasteiger partial charge in [0.05, 0.1) is 5.41 Å². The van der Waals surface area contributed by atoms with E-state index in [0.717, 1.165) is 25.1 Å². The van der Waals surface area contributed by atoms with Crippen LogP contribution >= 0.6 is 0 Å². The molecule has 2 rings (SSSR count). The number of likely N-dealkylation sites (N-methyl/N-ethyl adjacent to an activating group) is 1. The zero-order chi connectivity index (χ0) is 14.1. The molecule has 2 N–H and O–H groups in total. The lowest BCUT2D eigenvalue weighted by Gasteiger charge is -2.29. The molecule has 19 heavy (non-hydrogen) atoms. The van der Waals surface area contributed by atoms with Crippen molar-refractivity contribution in [3.8, 4) is 0 Å². The molecule has 0 aliphatic heterocycles. The van der Waals surface area contributed by atoms with E-state index < -0.39 is 5.41 Å². The Morgan fingerprint density at radius 2 is 1.84 bits per heavy atom. The summed E-state index contributed by atoms with van der Waals surface area (Å²) in [6.07, 6.45) is 0.857. The van der Waals surface area contributed by atoms with E-state index in [4.69, 9.17) is 5.73 Å². The van der Waals surface area contributed by atoms with E-state index in [2.05, 4.69) is 19.1 Å². The van der Waals surface area contributed by atoms with E-state index >= 15 is 0 Å². The number of nitrogens with two attached hydrogens (primary N) is 1. The van der Waals surface area contributed by atoms with Crippen molar-refractivity contribution in [2.75, 3.05) is 19.6 Å². The number of carbonyl (C=O) groups excluding carboxylic acids is 1. The summed E-state index contributed by atoms with van der Waals surface area (Å²) in [4.78, 5) is 14.9. The van der Waals surface area contributed by atoms with E-state index in [9.17, 15) is 4.79 Å². The molecule has 0 radical (unpaired) electrons. The quantitative estimate of drug-likeness (QED) is 0.882. The monoisotopic (exact) mass is 260 g/mol. The Hall–Kier alpha value is -1.35. The predicted molar refractivity (Wildman–Crippen MR) is 77.8 cm³/mol. The highest BCUT2D eigenvalue weighted by atomic mass is 16.2. The van der Waals surface area contributed by atoms with Gasteiger partial charge in [-0.25, -0.2) is 0 Å². The molecule has 0 heterocycles. The Balaban J connectivity index is 2.42. The van der Waals surface area contributed by atoms with Gasteiger partial charge in [0.15, 0.2) is 0 Å². The van der Waals surface area contributed by atoms with Crippen LogP contribution in [0.25, 0.3) is 0 Å². The number of carbonyl (C=O) groups is 1. The zero-order valence-corrected chi connectivity index (χ0v) is 12.1. The number of benzene rings is 1. The van der Waals surface area contributed by atoms with E-state index in [1.807, 2.05) is 36.9 Å². The molecule has 0 unspecified atom stereocenters. The van der Waals surface area contributed by atoms with Gasteiger partial charge in [0.1, 0.15) is 0 Å². The fourth-order valence-corrected chi connectivity index (χ4v) is 3.20. The molecule has 1 aliphatic rings. The lowest BCUT2D eigenvalue weighted by Crippen LogP contribution is -2.43. The standard InChI is InChI=1S/C16H24N2O/c1-4-18(5-2)14(19)16(11-15(16,3)12-17)13-9-7-6-8-10-13/h6-10H,4-5,11-12,17H2,1-3H3/t15-,16-/m0/s1. The molecule has 2 atom stereocenters. The van der Waals surface area contributed by atoms with Crippen molar-refractivity contribution in [1.82, 2.24) is 4.90 Å². The number of hydrogen-bond donors (Lipinski definition) is 1. The van der Waals surface area contributed by atoms with Gasteiger partial charge in [-0.05, 0) is 37.8 Å². The van der Waals surface area contributed by atoms with Gasteiger partial charge in [0.2, 0.25) is 5.91 Å². The molecule has 0 saturated heterocycles. The first-order chi connectivity index (χ1) is 9.05. The number of hydrogen-bond acceptors (Lipinski definition) is 2. The van der Waals surface area contributed by atoms with Gasteiger partial charge in [-0.3, -0.25) is 4.79 Å². The van der Waals surface area contributed by atoms with Crippen molar-refractivity contribution in [1.29, 1.82) is 0 Å². The second-order valence-electron chi connectivity index (χ2n) is 5.69. The van der Waals surface area contributed by atoms with Crippen LogP contribution in [0.2, 0.25) is 0 Å². The smallest absolute Gasteiger partial charge is 0.233 e. The van der Waals surface area contributed by atoms with Crippen LogP contribution in [0.5, 0.6) is 0 Å². The van der Waals surface area contributed by atoms with E-state index in [0.29, 0.717) is 6.54 Å². The van der Waals surface area contributed by atoms with Crippen LogP contribution in [-0.4, -0.2) is 30.4 Å². The largest absolute Gasteiger partial charge is 0.342 e. The lowest BCUT2D eigenvalue weighted by molar-refractivity contribution is -0.134. The van der Waals surface area contributed by atoms with Crippen molar-refractivity contribution in [2.45, 2.75) is 32.6 Å². The summed E-state index contributed by atoms with van der Waals surface area (Å²) in [6, 6.07) is 10.1. The average Bonchev–Trinajstić information content (AvgIpc) is 3.09. The van der Waals surface area contributed by atoms with Crippen molar-refractivity contribution in [3.05, 3.63) is 35.9 Å². The fourth-order valence-electron chi connectivity index (χ4n) is 3.20. The van der Waals surface area contributed by atoms with Crippen LogP contribution in [0.1, 0.15) is 32.8 Å². The molecule has 1 aliphatic carbocycles. The third-order valence-corrected chi connectivity index (χ3v) is 4.69. The molecule has 3 nitrogen and oxygen atoms in total. The van der Waals surface area contributed by atoms with E-state index in [-0.39, 0.29) is 11.3 Å². The van der Waals surface area contributed by atoms with Crippen LogP contribution in [0.4, 0.5) is 0 Å². The Morgan fingerprint density at radius 3 is 2.26 bits per heavy atom. The summed E-state index contributed by atoms with van der Waals surface area (Å²) in [5.74, 6) is 0.233. The second kappa shape index (κ2) is 4.97. The third-order valence-electron chi connectivity index (χ3n) is 4.69. The second-order valence-corrected chi connectivity index (χ2v) is 5.69. The Morgan fingerprint density at radius 1 is 1.26 bits per heavy atom. The highest BCUT2D eigenvalue weighted by Gasteiger charge is 2.69. The van der Waals surface area contributed by atoms with Crippen molar-refractivity contribution < 1.29 is 4.79 Å². The Labute approximate surface area is 115 Å². The van der Waals surface area contributed by atoms with Gasteiger partial charge < -0.3 is 10.6 Å². The first-order valence-electron chi connectivity index (χ1n) is 7.10. The number of nitrogens with zero attached hydrogens (tertiary/aromatic N) is 1. The maximum absolute atomic E-state index is 12.9. The summed E-state index contributed by atoms with van der Waals surface area (Å²) in [6.45, 7) is 8.25. The van der Waals surface area contributed by atoms with Gasteiger partial charge in [0, 0.05) is 13.1 Å². The summed E-state index contributed by atoms with van der Waals surface area (Å²) < 4.78 is 0. The number of rotatable bonds is 5. The maximum Gasteiger partial charge on any atom is 0.233 e. The third kappa shape index (κ3) is 1.96. The first kappa shape index (κ1) is 14.1. The average molecular weight is 260 g/mol. The van der Waals surface area contributed by atoms with Crippen LogP contribution in [0.3, 0.4) is 0 Å². The minimum atomic E-state index is -0.408. The highest BCUT2D eigenvalue weighted by Crippen LogP contribution is 2.64. The normalized spacial score (nSPS) is 29.1. The van der Waals surface area contributed by atoms with E-state index in [1.54, 1.807) is 0 Å². The zero-order valence-electron chi connectivity index (χ0n) is 12.1. The van der Waals surface area contributed by atoms with Crippen LogP contribution < -0.4 is 5.73 Å². The molecule has 1 saturated carbocycles. The van der Waals surface area contributed by atoms with Gasteiger partial charge >= 0.3 is 0 Å². The summed E-state index contributed by atoms with van der Waals surface area (Å²) in [7, 11) is 0. The Kier molecular flexibility index (Phi) is 3.68. The van der Waals surface area contributed by atoms with Crippen LogP contribution in [-0.2, 0) is 10.2 Å². The van der Waals surface area contributed by atoms with E-state index in [1.165, 1.54) is 0 Å². The molecule has 3 heteroatoms. The molecule has 1 fully saturated rings. The van der Waals surface area contributed by atoms with Crippen molar-refractivity contribution in [3.63, 3.8) is 0 Å². The molecular weight excluding hydrogens is 236 g/mol. The molecule has 1 aromatic carbocycles. The van der Waals surface area contributed by atoms with Crippen molar-refractivity contribution >= 4 is 5.91 Å². The van der Waals surface area contributed by atoms with Gasteiger partial charge in [0.25, 0.3) is 0 Å². The number of amides is 1. The lowest BCUT2D eigenvalue weighted by atomic mass is 9.85. The molecule has 104 valence electrons. The highest BCUT2D eigenvalue weighted by molar-refractivity contribution is 5.93. The van der Waals surface area contributed by atoms with Gasteiger partial charge in [-0.2, -0.15) is 0 Å². The predicted octanol–water partition coefficient (Wildman–Crippen LogP) is 2.16. The summed E-state index contributed by atoms with van der Waals surface area (Å²) in [5.41, 5.74) is 6.53. The van der Waals surface area contributed by atoms with Crippen LogP contribution in [0, 0.1) is 5.41 Å². The minimum Gasteiger partial charge on any atom is -0.342 e. The van der Waals surface area contributed by atoms with Gasteiger partial charge in [-0.15, -0.1) is 0 Å². The van der Waals surface area contributed by atoms with Crippen molar-refractivity contribution in [2.24, 2.45) is 11.1 Å². The molecule has 0 spiro atoms. The van der Waals surface area contributed by atoms with Crippen LogP contribution in [0.15, 0.2) is 30.3 Å². The van der Waals surface area contributed by atoms with Gasteiger partial charge in [-0.1, -0.05) is 37.3 Å². The molecule has 0 aromatic heterocycles. The summed E-state index contributed by atoms with van der Waals surface area (Å²) >= 11 is 0. The molecule has 1 aromatic rings. The summed E-state index contributed by atoms with van der Waals surface area (Å²) in [5, 5.41) is 0. The molecule has 1 amide bonds. The minimum absolute atomic E-state index is 0.103. The SMILES string of the molecule is CCN(CC)C(=O)[C@@]1(c2ccccc2)C[C@@]1(C)CN. The molecular formula is C16H24N2O. The maximum atomic E-state index is 12.9. The Bertz CT molecular complexity index is 455. The topological polar surface area (TPSA) is 46.3 Å².